The van der Waals surface area contributed by atoms with E-state index < -0.39 is 0 Å². The number of rotatable bonds is 5. The molecule has 0 bridgehead atoms. The molecule has 1 saturated heterocycles. The highest BCUT2D eigenvalue weighted by molar-refractivity contribution is 5.91. The summed E-state index contributed by atoms with van der Waals surface area (Å²) in [5.74, 6) is 0.562. The summed E-state index contributed by atoms with van der Waals surface area (Å²) in [6.07, 6.45) is 1.68. The first-order valence-corrected chi connectivity index (χ1v) is 6.37. The monoisotopic (exact) mass is 284 g/mol. The fourth-order valence-corrected chi connectivity index (χ4v) is 2.28. The lowest BCUT2D eigenvalue weighted by atomic mass is 10.0. The first kappa shape index (κ1) is 16.0. The van der Waals surface area contributed by atoms with E-state index in [1.54, 1.807) is 7.11 Å². The van der Waals surface area contributed by atoms with Gasteiger partial charge >= 0.3 is 0 Å². The summed E-state index contributed by atoms with van der Waals surface area (Å²) in [6.45, 7) is 2.49. The first-order valence-electron chi connectivity index (χ1n) is 6.37. The average molecular weight is 285 g/mol. The third kappa shape index (κ3) is 4.82. The summed E-state index contributed by atoms with van der Waals surface area (Å²) in [7, 11) is 1.66. The van der Waals surface area contributed by atoms with Crippen molar-refractivity contribution in [3.05, 3.63) is 29.8 Å². The van der Waals surface area contributed by atoms with E-state index in [2.05, 4.69) is 10.6 Å². The lowest BCUT2D eigenvalue weighted by Crippen LogP contribution is -2.19. The van der Waals surface area contributed by atoms with Crippen LogP contribution in [0.2, 0.25) is 0 Å². The van der Waals surface area contributed by atoms with Crippen molar-refractivity contribution in [2.24, 2.45) is 5.92 Å². The number of benzene rings is 1. The summed E-state index contributed by atoms with van der Waals surface area (Å²) >= 11 is 0. The van der Waals surface area contributed by atoms with E-state index in [1.807, 2.05) is 24.3 Å². The highest BCUT2D eigenvalue weighted by Crippen LogP contribution is 2.18. The van der Waals surface area contributed by atoms with E-state index in [0.717, 1.165) is 30.8 Å². The SMILES string of the molecule is COCc1ccccc1NC(=O)CC1CCNC1.Cl. The maximum absolute atomic E-state index is 11.9. The van der Waals surface area contributed by atoms with Crippen LogP contribution in [-0.4, -0.2) is 26.1 Å². The van der Waals surface area contributed by atoms with Crippen molar-refractivity contribution in [2.75, 3.05) is 25.5 Å². The third-order valence-corrected chi connectivity index (χ3v) is 3.23. The number of halogens is 1. The molecule has 1 aliphatic rings. The van der Waals surface area contributed by atoms with E-state index in [9.17, 15) is 4.79 Å². The molecular weight excluding hydrogens is 264 g/mol. The second-order valence-electron chi connectivity index (χ2n) is 4.70. The van der Waals surface area contributed by atoms with Crippen LogP contribution in [0.15, 0.2) is 24.3 Å². The van der Waals surface area contributed by atoms with Crippen LogP contribution in [-0.2, 0) is 16.1 Å². The average Bonchev–Trinajstić information content (AvgIpc) is 2.84. The maximum Gasteiger partial charge on any atom is 0.224 e. The normalized spacial score (nSPS) is 17.8. The van der Waals surface area contributed by atoms with Gasteiger partial charge in [-0.05, 0) is 31.5 Å². The lowest BCUT2D eigenvalue weighted by molar-refractivity contribution is -0.117. The van der Waals surface area contributed by atoms with Crippen molar-refractivity contribution in [1.29, 1.82) is 0 Å². The van der Waals surface area contributed by atoms with Crippen molar-refractivity contribution in [3.63, 3.8) is 0 Å². The summed E-state index contributed by atoms with van der Waals surface area (Å²) in [6, 6.07) is 7.76. The van der Waals surface area contributed by atoms with Crippen LogP contribution in [0.3, 0.4) is 0 Å². The highest BCUT2D eigenvalue weighted by Gasteiger charge is 2.18. The molecule has 1 aromatic carbocycles. The van der Waals surface area contributed by atoms with Gasteiger partial charge in [-0.2, -0.15) is 0 Å². The zero-order valence-corrected chi connectivity index (χ0v) is 12.0. The molecule has 0 aromatic heterocycles. The summed E-state index contributed by atoms with van der Waals surface area (Å²) in [4.78, 5) is 11.9. The molecule has 1 atom stereocenters. The van der Waals surface area contributed by atoms with E-state index in [-0.39, 0.29) is 18.3 Å². The van der Waals surface area contributed by atoms with Gasteiger partial charge in [0.2, 0.25) is 5.91 Å². The molecule has 1 aromatic rings. The Hall–Kier alpha value is -1.10. The number of ether oxygens (including phenoxy) is 1. The van der Waals surface area contributed by atoms with Crippen LogP contribution < -0.4 is 10.6 Å². The lowest BCUT2D eigenvalue weighted by Gasteiger charge is -2.12. The van der Waals surface area contributed by atoms with E-state index in [1.165, 1.54) is 0 Å². The molecule has 2 rings (SSSR count). The quantitative estimate of drug-likeness (QED) is 0.871. The molecular formula is C14H21ClN2O2. The van der Waals surface area contributed by atoms with Gasteiger partial charge in [0.1, 0.15) is 0 Å². The summed E-state index contributed by atoms with van der Waals surface area (Å²) in [5.41, 5.74) is 1.87. The van der Waals surface area contributed by atoms with Gasteiger partial charge in [-0.15, -0.1) is 12.4 Å². The van der Waals surface area contributed by atoms with Crippen molar-refractivity contribution in [2.45, 2.75) is 19.4 Å². The van der Waals surface area contributed by atoms with Gasteiger partial charge < -0.3 is 15.4 Å². The van der Waals surface area contributed by atoms with E-state index in [0.29, 0.717) is 18.9 Å². The zero-order chi connectivity index (χ0) is 12.8. The minimum atomic E-state index is 0. The Bertz CT molecular complexity index is 406. The molecule has 2 N–H and O–H groups in total. The van der Waals surface area contributed by atoms with Crippen LogP contribution in [0.5, 0.6) is 0 Å². The van der Waals surface area contributed by atoms with Gasteiger partial charge in [0.15, 0.2) is 0 Å². The molecule has 0 saturated carbocycles. The van der Waals surface area contributed by atoms with Gasteiger partial charge in [-0.3, -0.25) is 4.79 Å². The van der Waals surface area contributed by atoms with Crippen molar-refractivity contribution < 1.29 is 9.53 Å². The van der Waals surface area contributed by atoms with Gasteiger partial charge in [-0.25, -0.2) is 0 Å². The number of hydrogen-bond donors (Lipinski definition) is 2. The highest BCUT2D eigenvalue weighted by atomic mass is 35.5. The predicted octanol–water partition coefficient (Wildman–Crippen LogP) is 2.19. The van der Waals surface area contributed by atoms with Gasteiger partial charge in [0.05, 0.1) is 6.61 Å². The van der Waals surface area contributed by atoms with Crippen molar-refractivity contribution in [3.8, 4) is 0 Å². The Labute approximate surface area is 120 Å². The van der Waals surface area contributed by atoms with E-state index >= 15 is 0 Å². The molecule has 5 heteroatoms. The Morgan fingerprint density at radius 3 is 2.95 bits per heavy atom. The molecule has 1 unspecified atom stereocenters. The Morgan fingerprint density at radius 1 is 1.47 bits per heavy atom. The fraction of sp³-hybridized carbons (Fsp3) is 0.500. The van der Waals surface area contributed by atoms with E-state index in [4.69, 9.17) is 4.74 Å². The second-order valence-corrected chi connectivity index (χ2v) is 4.70. The topological polar surface area (TPSA) is 50.4 Å². The van der Waals surface area contributed by atoms with Crippen LogP contribution in [0, 0.1) is 5.92 Å². The van der Waals surface area contributed by atoms with Crippen LogP contribution in [0.4, 0.5) is 5.69 Å². The molecule has 106 valence electrons. The standard InChI is InChI=1S/C14H20N2O2.ClH/c1-18-10-12-4-2-3-5-13(12)16-14(17)8-11-6-7-15-9-11;/h2-5,11,15H,6-10H2,1H3,(H,16,17);1H. The minimum absolute atomic E-state index is 0. The zero-order valence-electron chi connectivity index (χ0n) is 11.1. The van der Waals surface area contributed by atoms with Gasteiger partial charge in [0.25, 0.3) is 0 Å². The van der Waals surface area contributed by atoms with Crippen molar-refractivity contribution in [1.82, 2.24) is 5.32 Å². The number of nitrogens with one attached hydrogen (secondary N) is 2. The number of carbonyl (C=O) groups excluding carboxylic acids is 1. The van der Waals surface area contributed by atoms with Crippen LogP contribution in [0.1, 0.15) is 18.4 Å². The summed E-state index contributed by atoms with van der Waals surface area (Å²) < 4.78 is 5.12. The second kappa shape index (κ2) is 8.15. The van der Waals surface area contributed by atoms with Gasteiger partial charge in [0, 0.05) is 24.8 Å². The molecule has 1 fully saturated rings. The van der Waals surface area contributed by atoms with Crippen LogP contribution >= 0.6 is 12.4 Å². The Kier molecular flexibility index (Phi) is 6.84. The molecule has 4 nitrogen and oxygen atoms in total. The number of anilines is 1. The van der Waals surface area contributed by atoms with Crippen molar-refractivity contribution >= 4 is 24.0 Å². The number of carbonyl (C=O) groups is 1. The molecule has 0 radical (unpaired) electrons. The van der Waals surface area contributed by atoms with Gasteiger partial charge in [-0.1, -0.05) is 18.2 Å². The number of amides is 1. The number of para-hydroxylation sites is 1. The predicted molar refractivity (Wildman–Crippen MR) is 78.6 cm³/mol. The Morgan fingerprint density at radius 2 is 2.26 bits per heavy atom. The Balaban J connectivity index is 0.00000180. The van der Waals surface area contributed by atoms with Crippen LogP contribution in [0.25, 0.3) is 0 Å². The third-order valence-electron chi connectivity index (χ3n) is 3.23. The number of methoxy groups -OCH3 is 1. The summed E-state index contributed by atoms with van der Waals surface area (Å²) in [5, 5.41) is 6.25. The molecule has 0 spiro atoms. The molecule has 1 amide bonds. The largest absolute Gasteiger partial charge is 0.380 e. The fourth-order valence-electron chi connectivity index (χ4n) is 2.28. The molecule has 1 heterocycles. The first-order chi connectivity index (χ1) is 8.79. The molecule has 19 heavy (non-hydrogen) atoms. The molecule has 1 aliphatic heterocycles. The maximum atomic E-state index is 11.9. The minimum Gasteiger partial charge on any atom is -0.380 e. The smallest absolute Gasteiger partial charge is 0.224 e. The number of hydrogen-bond acceptors (Lipinski definition) is 3. The molecule has 0 aliphatic carbocycles.